The lowest BCUT2D eigenvalue weighted by atomic mass is 9.98. The standard InChI is InChI=1S/C18H23ClN2O5/c1-4-26-18(24)12-6-5-7-21(10-12)17(23)16(22)20-14-8-11(2)13(19)9-15(14)25-3/h8-9,12H,4-7,10H2,1-3H3,(H,20,22). The number of hydrogen-bond donors (Lipinski definition) is 1. The van der Waals surface area contributed by atoms with Gasteiger partial charge in [0, 0.05) is 24.2 Å². The molecule has 2 amide bonds. The van der Waals surface area contributed by atoms with Gasteiger partial charge in [-0.3, -0.25) is 14.4 Å². The number of rotatable bonds is 4. The Labute approximate surface area is 157 Å². The third kappa shape index (κ3) is 4.66. The number of halogens is 1. The monoisotopic (exact) mass is 382 g/mol. The lowest BCUT2D eigenvalue weighted by Gasteiger charge is -2.31. The molecule has 1 unspecified atom stereocenters. The average molecular weight is 383 g/mol. The van der Waals surface area contributed by atoms with Crippen LogP contribution in [0.25, 0.3) is 0 Å². The fourth-order valence-corrected chi connectivity index (χ4v) is 3.02. The van der Waals surface area contributed by atoms with E-state index in [1.165, 1.54) is 12.0 Å². The van der Waals surface area contributed by atoms with Crippen molar-refractivity contribution >= 4 is 35.1 Å². The van der Waals surface area contributed by atoms with Crippen LogP contribution < -0.4 is 10.1 Å². The highest BCUT2D eigenvalue weighted by Crippen LogP contribution is 2.31. The lowest BCUT2D eigenvalue weighted by molar-refractivity contribution is -0.153. The van der Waals surface area contributed by atoms with Gasteiger partial charge in [0.25, 0.3) is 0 Å². The first-order valence-electron chi connectivity index (χ1n) is 8.48. The van der Waals surface area contributed by atoms with Gasteiger partial charge >= 0.3 is 17.8 Å². The summed E-state index contributed by atoms with van der Waals surface area (Å²) in [6, 6.07) is 3.22. The van der Waals surface area contributed by atoms with E-state index in [2.05, 4.69) is 5.32 Å². The molecule has 0 saturated carbocycles. The minimum atomic E-state index is -0.783. The van der Waals surface area contributed by atoms with Gasteiger partial charge < -0.3 is 19.7 Å². The van der Waals surface area contributed by atoms with E-state index in [0.717, 1.165) is 5.56 Å². The number of esters is 1. The normalized spacial score (nSPS) is 16.8. The molecule has 1 heterocycles. The molecule has 1 saturated heterocycles. The second-order valence-electron chi connectivity index (χ2n) is 6.10. The maximum absolute atomic E-state index is 12.5. The zero-order chi connectivity index (χ0) is 19.3. The molecule has 1 aromatic carbocycles. The highest BCUT2D eigenvalue weighted by Gasteiger charge is 2.32. The maximum Gasteiger partial charge on any atom is 0.314 e. The zero-order valence-electron chi connectivity index (χ0n) is 15.1. The third-order valence-electron chi connectivity index (χ3n) is 4.25. The number of piperidine rings is 1. The number of methoxy groups -OCH3 is 1. The van der Waals surface area contributed by atoms with Crippen molar-refractivity contribution in [2.45, 2.75) is 26.7 Å². The van der Waals surface area contributed by atoms with Crippen molar-refractivity contribution < 1.29 is 23.9 Å². The Morgan fingerprint density at radius 1 is 1.35 bits per heavy atom. The quantitative estimate of drug-likeness (QED) is 0.638. The SMILES string of the molecule is CCOC(=O)C1CCCN(C(=O)C(=O)Nc2cc(C)c(Cl)cc2OC)C1. The Balaban J connectivity index is 2.07. The Morgan fingerprint density at radius 3 is 2.73 bits per heavy atom. The first-order chi connectivity index (χ1) is 12.4. The van der Waals surface area contributed by atoms with Crippen molar-refractivity contribution in [3.05, 3.63) is 22.7 Å². The summed E-state index contributed by atoms with van der Waals surface area (Å²) in [4.78, 5) is 38.1. The van der Waals surface area contributed by atoms with E-state index < -0.39 is 17.7 Å². The van der Waals surface area contributed by atoms with Crippen LogP contribution in [0.4, 0.5) is 5.69 Å². The van der Waals surface area contributed by atoms with Gasteiger partial charge in [-0.1, -0.05) is 11.6 Å². The summed E-state index contributed by atoms with van der Waals surface area (Å²) in [6.07, 6.45) is 1.29. The molecule has 0 bridgehead atoms. The predicted octanol–water partition coefficient (Wildman–Crippen LogP) is 2.40. The number of amides is 2. The molecule has 1 aromatic rings. The third-order valence-corrected chi connectivity index (χ3v) is 4.66. The minimum Gasteiger partial charge on any atom is -0.495 e. The number of benzene rings is 1. The van der Waals surface area contributed by atoms with E-state index in [4.69, 9.17) is 21.1 Å². The van der Waals surface area contributed by atoms with Crippen molar-refractivity contribution in [1.29, 1.82) is 0 Å². The first kappa shape index (κ1) is 20.0. The van der Waals surface area contributed by atoms with Crippen LogP contribution >= 0.6 is 11.6 Å². The fourth-order valence-electron chi connectivity index (χ4n) is 2.86. The molecular weight excluding hydrogens is 360 g/mol. The molecule has 1 aliphatic heterocycles. The molecule has 8 heteroatoms. The molecule has 0 radical (unpaired) electrons. The molecule has 2 rings (SSSR count). The number of ether oxygens (including phenoxy) is 2. The summed E-state index contributed by atoms with van der Waals surface area (Å²) in [6.45, 7) is 4.42. The van der Waals surface area contributed by atoms with Crippen molar-refractivity contribution in [1.82, 2.24) is 4.90 Å². The smallest absolute Gasteiger partial charge is 0.314 e. The zero-order valence-corrected chi connectivity index (χ0v) is 15.9. The maximum atomic E-state index is 12.5. The minimum absolute atomic E-state index is 0.182. The molecule has 0 spiro atoms. The summed E-state index contributed by atoms with van der Waals surface area (Å²) < 4.78 is 10.2. The molecule has 1 N–H and O–H groups in total. The molecule has 26 heavy (non-hydrogen) atoms. The number of anilines is 1. The van der Waals surface area contributed by atoms with E-state index >= 15 is 0 Å². The second kappa shape index (κ2) is 8.89. The molecule has 7 nitrogen and oxygen atoms in total. The summed E-state index contributed by atoms with van der Waals surface area (Å²) in [7, 11) is 1.45. The molecule has 1 atom stereocenters. The van der Waals surface area contributed by atoms with Crippen molar-refractivity contribution in [2.24, 2.45) is 5.92 Å². The fraction of sp³-hybridized carbons (Fsp3) is 0.500. The largest absolute Gasteiger partial charge is 0.495 e. The number of nitrogens with one attached hydrogen (secondary N) is 1. The van der Waals surface area contributed by atoms with Gasteiger partial charge in [-0.2, -0.15) is 0 Å². The van der Waals surface area contributed by atoms with Crippen molar-refractivity contribution in [3.8, 4) is 5.75 Å². The van der Waals surface area contributed by atoms with Crippen LogP contribution in [0.2, 0.25) is 5.02 Å². The van der Waals surface area contributed by atoms with Gasteiger partial charge in [-0.15, -0.1) is 0 Å². The highest BCUT2D eigenvalue weighted by molar-refractivity contribution is 6.40. The van der Waals surface area contributed by atoms with Crippen LogP contribution in [0.5, 0.6) is 5.75 Å². The summed E-state index contributed by atoms with van der Waals surface area (Å²) in [5.74, 6) is -1.83. The first-order valence-corrected chi connectivity index (χ1v) is 8.86. The number of carbonyl (C=O) groups excluding carboxylic acids is 3. The van der Waals surface area contributed by atoms with E-state index in [1.807, 2.05) is 0 Å². The molecule has 1 aliphatic rings. The van der Waals surface area contributed by atoms with Crippen LogP contribution in [0.15, 0.2) is 12.1 Å². The molecule has 0 aromatic heterocycles. The van der Waals surface area contributed by atoms with Gasteiger partial charge in [-0.05, 0) is 38.3 Å². The highest BCUT2D eigenvalue weighted by atomic mass is 35.5. The van der Waals surface area contributed by atoms with E-state index in [9.17, 15) is 14.4 Å². The number of hydrogen-bond acceptors (Lipinski definition) is 5. The van der Waals surface area contributed by atoms with Crippen LogP contribution in [0.1, 0.15) is 25.3 Å². The number of aryl methyl sites for hydroxylation is 1. The lowest BCUT2D eigenvalue weighted by Crippen LogP contribution is -2.47. The van der Waals surface area contributed by atoms with Crippen LogP contribution in [0, 0.1) is 12.8 Å². The summed E-state index contributed by atoms with van der Waals surface area (Å²) >= 11 is 6.05. The van der Waals surface area contributed by atoms with E-state index in [-0.39, 0.29) is 12.5 Å². The van der Waals surface area contributed by atoms with Gasteiger partial charge in [0.1, 0.15) is 5.75 Å². The number of nitrogens with zero attached hydrogens (tertiary/aromatic N) is 1. The topological polar surface area (TPSA) is 84.9 Å². The summed E-state index contributed by atoms with van der Waals surface area (Å²) in [5.41, 5.74) is 1.11. The molecule has 1 fully saturated rings. The van der Waals surface area contributed by atoms with Gasteiger partial charge in [0.2, 0.25) is 0 Å². The Hall–Kier alpha value is -2.28. The number of carbonyl (C=O) groups is 3. The van der Waals surface area contributed by atoms with Crippen LogP contribution in [-0.2, 0) is 19.1 Å². The Morgan fingerprint density at radius 2 is 2.08 bits per heavy atom. The van der Waals surface area contributed by atoms with Crippen LogP contribution in [-0.4, -0.2) is 49.5 Å². The van der Waals surface area contributed by atoms with Gasteiger partial charge in [0.05, 0.1) is 25.3 Å². The molecule has 0 aliphatic carbocycles. The predicted molar refractivity (Wildman–Crippen MR) is 97.3 cm³/mol. The number of likely N-dealkylation sites (tertiary alicyclic amines) is 1. The van der Waals surface area contributed by atoms with E-state index in [1.54, 1.807) is 26.0 Å². The second-order valence-corrected chi connectivity index (χ2v) is 6.51. The summed E-state index contributed by atoms with van der Waals surface area (Å²) in [5, 5.41) is 3.07. The Kier molecular flexibility index (Phi) is 6.85. The van der Waals surface area contributed by atoms with E-state index in [0.29, 0.717) is 42.5 Å². The Bertz CT molecular complexity index is 707. The van der Waals surface area contributed by atoms with Crippen LogP contribution in [0.3, 0.4) is 0 Å². The molecular formula is C18H23ClN2O5. The van der Waals surface area contributed by atoms with Gasteiger partial charge in [0.15, 0.2) is 0 Å². The van der Waals surface area contributed by atoms with Crippen molar-refractivity contribution in [3.63, 3.8) is 0 Å². The van der Waals surface area contributed by atoms with Gasteiger partial charge in [-0.25, -0.2) is 0 Å². The molecule has 142 valence electrons. The average Bonchev–Trinajstić information content (AvgIpc) is 2.64. The van der Waals surface area contributed by atoms with Crippen molar-refractivity contribution in [2.75, 3.05) is 32.1 Å².